The van der Waals surface area contributed by atoms with Crippen LogP contribution in [0.3, 0.4) is 0 Å². The first-order chi connectivity index (χ1) is 19.0. The number of amides is 2. The zero-order valence-corrected chi connectivity index (χ0v) is 22.8. The van der Waals surface area contributed by atoms with Crippen molar-refractivity contribution >= 4 is 35.6 Å². The van der Waals surface area contributed by atoms with Gasteiger partial charge in [0.15, 0.2) is 0 Å². The molecule has 3 rings (SSSR count). The minimum atomic E-state index is -0.504. The van der Waals surface area contributed by atoms with E-state index >= 15 is 0 Å². The van der Waals surface area contributed by atoms with Crippen LogP contribution in [0.15, 0.2) is 78.9 Å². The van der Waals surface area contributed by atoms with E-state index in [1.54, 1.807) is 17.6 Å². The third-order valence-electron chi connectivity index (χ3n) is 6.28. The summed E-state index contributed by atoms with van der Waals surface area (Å²) >= 11 is 5.94. The molecule has 0 spiro atoms. The Morgan fingerprint density at radius 1 is 0.949 bits per heavy atom. The molecule has 0 aliphatic carbocycles. The van der Waals surface area contributed by atoms with Gasteiger partial charge in [-0.1, -0.05) is 78.4 Å². The molecule has 3 aromatic carbocycles. The number of hydrogen-bond donors (Lipinski definition) is 3. The zero-order chi connectivity index (χ0) is 27.9. The Kier molecular flexibility index (Phi) is 12.7. The fourth-order valence-electron chi connectivity index (χ4n) is 4.21. The summed E-state index contributed by atoms with van der Waals surface area (Å²) in [4.78, 5) is 25.5. The van der Waals surface area contributed by atoms with E-state index in [9.17, 15) is 14.8 Å². The van der Waals surface area contributed by atoms with Gasteiger partial charge in [-0.2, -0.15) is 0 Å². The average molecular weight is 551 g/mol. The number of hydrogen-bond acceptors (Lipinski definition) is 5. The number of halogens is 1. The molecule has 3 N–H and O–H groups in total. The SMILES string of the molecule is COCOC[C@H](C[C@H](CCCc1ccccc1)C(=O)NO)NC(=O)c1ccc(C=Cc2ccc(Cl)cc2)cc1. The first-order valence-corrected chi connectivity index (χ1v) is 13.3. The largest absolute Gasteiger partial charge is 0.359 e. The molecule has 0 aliphatic rings. The van der Waals surface area contributed by atoms with E-state index in [1.165, 1.54) is 12.7 Å². The molecule has 0 aliphatic heterocycles. The molecular weight excluding hydrogens is 516 g/mol. The fourth-order valence-corrected chi connectivity index (χ4v) is 4.34. The molecule has 2 atom stereocenters. The van der Waals surface area contributed by atoms with Gasteiger partial charge >= 0.3 is 0 Å². The number of hydroxylamine groups is 1. The summed E-state index contributed by atoms with van der Waals surface area (Å²) in [5.74, 6) is -1.26. The Hall–Kier alpha value is -3.49. The van der Waals surface area contributed by atoms with Crippen LogP contribution in [0.2, 0.25) is 5.02 Å². The number of nitrogens with one attached hydrogen (secondary N) is 2. The van der Waals surface area contributed by atoms with Gasteiger partial charge in [0.05, 0.1) is 12.6 Å². The Morgan fingerprint density at radius 3 is 2.21 bits per heavy atom. The van der Waals surface area contributed by atoms with Gasteiger partial charge in [0.1, 0.15) is 6.79 Å². The Balaban J connectivity index is 1.62. The molecule has 7 nitrogen and oxygen atoms in total. The number of ether oxygens (including phenoxy) is 2. The van der Waals surface area contributed by atoms with Gasteiger partial charge in [-0.25, -0.2) is 5.48 Å². The molecule has 0 radical (unpaired) electrons. The molecule has 0 saturated carbocycles. The van der Waals surface area contributed by atoms with Crippen molar-refractivity contribution in [2.75, 3.05) is 20.5 Å². The highest BCUT2D eigenvalue weighted by atomic mass is 35.5. The fraction of sp³-hybridized carbons (Fsp3) is 0.290. The van der Waals surface area contributed by atoms with Gasteiger partial charge in [0.25, 0.3) is 5.91 Å². The van der Waals surface area contributed by atoms with Crippen molar-refractivity contribution < 1.29 is 24.3 Å². The van der Waals surface area contributed by atoms with Crippen molar-refractivity contribution in [1.82, 2.24) is 10.8 Å². The first-order valence-electron chi connectivity index (χ1n) is 12.9. The molecule has 0 fully saturated rings. The maximum Gasteiger partial charge on any atom is 0.251 e. The normalized spacial score (nSPS) is 12.7. The van der Waals surface area contributed by atoms with Gasteiger partial charge < -0.3 is 14.8 Å². The summed E-state index contributed by atoms with van der Waals surface area (Å²) in [6, 6.07) is 24.3. The van der Waals surface area contributed by atoms with E-state index < -0.39 is 17.9 Å². The number of methoxy groups -OCH3 is 1. The monoisotopic (exact) mass is 550 g/mol. The lowest BCUT2D eigenvalue weighted by Gasteiger charge is -2.23. The van der Waals surface area contributed by atoms with Gasteiger partial charge in [-0.3, -0.25) is 14.8 Å². The topological polar surface area (TPSA) is 96.9 Å². The summed E-state index contributed by atoms with van der Waals surface area (Å²) in [7, 11) is 1.52. The van der Waals surface area contributed by atoms with Gasteiger partial charge in [-0.05, 0) is 66.6 Å². The second-order valence-electron chi connectivity index (χ2n) is 9.24. The lowest BCUT2D eigenvalue weighted by Crippen LogP contribution is -2.42. The molecule has 0 unspecified atom stereocenters. The quantitative estimate of drug-likeness (QED) is 0.0734. The van der Waals surface area contributed by atoms with Crippen molar-refractivity contribution in [2.45, 2.75) is 31.7 Å². The van der Waals surface area contributed by atoms with E-state index in [1.807, 2.05) is 78.9 Å². The smallest absolute Gasteiger partial charge is 0.251 e. The highest BCUT2D eigenvalue weighted by molar-refractivity contribution is 6.30. The molecule has 3 aromatic rings. The van der Waals surface area contributed by atoms with Crippen molar-refractivity contribution in [1.29, 1.82) is 0 Å². The van der Waals surface area contributed by atoms with Crippen LogP contribution in [-0.4, -0.2) is 43.6 Å². The molecule has 206 valence electrons. The standard InChI is InChI=1S/C31H35ClN2O5/c1-38-22-39-21-29(20-27(31(36)34-37)9-5-8-23-6-3-2-4-7-23)33-30(35)26-16-12-24(13-17-26)10-11-25-14-18-28(32)19-15-25/h2-4,6-7,10-19,27,29,37H,5,8-9,20-22H2,1H3,(H,33,35)(H,34,36)/t27-,29-/m0/s1. The molecule has 8 heteroatoms. The lowest BCUT2D eigenvalue weighted by molar-refractivity contribution is -0.134. The Morgan fingerprint density at radius 2 is 1.59 bits per heavy atom. The van der Waals surface area contributed by atoms with E-state index in [0.29, 0.717) is 23.4 Å². The van der Waals surface area contributed by atoms with Crippen molar-refractivity contribution in [3.8, 4) is 0 Å². The predicted octanol–water partition coefficient (Wildman–Crippen LogP) is 5.76. The molecule has 0 bridgehead atoms. The number of carbonyl (C=O) groups excluding carboxylic acids is 2. The summed E-state index contributed by atoms with van der Waals surface area (Å²) in [5, 5.41) is 13.0. The third kappa shape index (κ3) is 10.7. The molecule has 0 heterocycles. The van der Waals surface area contributed by atoms with Crippen molar-refractivity contribution in [3.63, 3.8) is 0 Å². The van der Waals surface area contributed by atoms with Crippen LogP contribution in [0.25, 0.3) is 12.2 Å². The van der Waals surface area contributed by atoms with Crippen LogP contribution in [0.5, 0.6) is 0 Å². The Labute approximate surface area is 234 Å². The van der Waals surface area contributed by atoms with Crippen molar-refractivity contribution in [2.24, 2.45) is 5.92 Å². The summed E-state index contributed by atoms with van der Waals surface area (Å²) in [5.41, 5.74) is 5.41. The number of rotatable bonds is 15. The minimum absolute atomic E-state index is 0.0614. The maximum absolute atomic E-state index is 13.1. The van der Waals surface area contributed by atoms with E-state index in [4.69, 9.17) is 21.1 Å². The number of benzene rings is 3. The van der Waals surface area contributed by atoms with Crippen LogP contribution >= 0.6 is 11.6 Å². The lowest BCUT2D eigenvalue weighted by atomic mass is 9.92. The summed E-state index contributed by atoms with van der Waals surface area (Å²) in [6.07, 6.45) is 6.35. The molecule has 39 heavy (non-hydrogen) atoms. The molecule has 2 amide bonds. The number of carbonyl (C=O) groups is 2. The maximum atomic E-state index is 13.1. The van der Waals surface area contributed by atoms with Crippen LogP contribution in [0, 0.1) is 5.92 Å². The predicted molar refractivity (Wildman–Crippen MR) is 153 cm³/mol. The van der Waals surface area contributed by atoms with Crippen LogP contribution < -0.4 is 10.8 Å². The van der Waals surface area contributed by atoms with Crippen molar-refractivity contribution in [3.05, 3.63) is 106 Å². The highest BCUT2D eigenvalue weighted by Crippen LogP contribution is 2.18. The number of aryl methyl sites for hydroxylation is 1. The van der Waals surface area contributed by atoms with Crippen LogP contribution in [0.4, 0.5) is 0 Å². The summed E-state index contributed by atoms with van der Waals surface area (Å²) in [6.45, 7) is 0.223. The van der Waals surface area contributed by atoms with Gasteiger partial charge in [-0.15, -0.1) is 0 Å². The second-order valence-corrected chi connectivity index (χ2v) is 9.68. The first kappa shape index (κ1) is 30.1. The zero-order valence-electron chi connectivity index (χ0n) is 22.0. The molecule has 0 saturated heterocycles. The van der Waals surface area contributed by atoms with E-state index in [-0.39, 0.29) is 19.3 Å². The summed E-state index contributed by atoms with van der Waals surface area (Å²) < 4.78 is 10.5. The van der Waals surface area contributed by atoms with E-state index in [0.717, 1.165) is 24.0 Å². The molecule has 0 aromatic heterocycles. The Bertz CT molecular complexity index is 1180. The van der Waals surface area contributed by atoms with E-state index in [2.05, 4.69) is 5.32 Å². The molecular formula is C31H35ClN2O5. The third-order valence-corrected chi connectivity index (χ3v) is 6.53. The van der Waals surface area contributed by atoms with Crippen LogP contribution in [0.1, 0.15) is 46.3 Å². The minimum Gasteiger partial charge on any atom is -0.359 e. The second kappa shape index (κ2) is 16.5. The van der Waals surface area contributed by atoms with Crippen LogP contribution in [-0.2, 0) is 20.7 Å². The average Bonchev–Trinajstić information content (AvgIpc) is 2.96. The highest BCUT2D eigenvalue weighted by Gasteiger charge is 2.24. The van der Waals surface area contributed by atoms with Gasteiger partial charge in [0, 0.05) is 23.6 Å². The van der Waals surface area contributed by atoms with Gasteiger partial charge in [0.2, 0.25) is 5.91 Å².